The van der Waals surface area contributed by atoms with Crippen LogP contribution in [0.5, 0.6) is 0 Å². The predicted molar refractivity (Wildman–Crippen MR) is 111 cm³/mol. The van der Waals surface area contributed by atoms with Crippen molar-refractivity contribution in [2.75, 3.05) is 0 Å². The summed E-state index contributed by atoms with van der Waals surface area (Å²) in [5.41, 5.74) is 2.88. The molecule has 0 amide bonds. The number of fused-ring (bicyclic) bond motifs is 1. The van der Waals surface area contributed by atoms with Gasteiger partial charge in [-0.1, -0.05) is 102 Å². The van der Waals surface area contributed by atoms with Gasteiger partial charge in [-0.25, -0.2) is 0 Å². The van der Waals surface area contributed by atoms with E-state index < -0.39 is 0 Å². The van der Waals surface area contributed by atoms with Crippen molar-refractivity contribution < 1.29 is 0 Å². The van der Waals surface area contributed by atoms with Gasteiger partial charge in [0.05, 0.1) is 0 Å². The molecular weight excluding hydrogens is 288 g/mol. The highest BCUT2D eigenvalue weighted by atomic mass is 14.1. The van der Waals surface area contributed by atoms with E-state index in [9.17, 15) is 0 Å². The zero-order chi connectivity index (χ0) is 17.8. The first kappa shape index (κ1) is 20.2. The summed E-state index contributed by atoms with van der Waals surface area (Å²) in [4.78, 5) is 0. The van der Waals surface area contributed by atoms with Crippen LogP contribution in [0.15, 0.2) is 60.7 Å². The average Bonchev–Trinajstić information content (AvgIpc) is 2.65. The molecule has 0 saturated heterocycles. The van der Waals surface area contributed by atoms with Gasteiger partial charge in [-0.3, -0.25) is 0 Å². The molecule has 0 fully saturated rings. The zero-order valence-electron chi connectivity index (χ0n) is 16.2. The van der Waals surface area contributed by atoms with Gasteiger partial charge in [0.25, 0.3) is 0 Å². The lowest BCUT2D eigenvalue weighted by Crippen LogP contribution is -1.88. The molecule has 0 heterocycles. The Balaban J connectivity index is 0.000000300. The summed E-state index contributed by atoms with van der Waals surface area (Å²) in [7, 11) is 0. The molecule has 0 N–H and O–H groups in total. The molecule has 2 aromatic rings. The molecule has 0 saturated carbocycles. The van der Waals surface area contributed by atoms with Gasteiger partial charge in [0.1, 0.15) is 0 Å². The van der Waals surface area contributed by atoms with Crippen molar-refractivity contribution in [1.82, 2.24) is 0 Å². The number of allylic oxidation sites excluding steroid dienone is 4. The molecule has 0 spiro atoms. The van der Waals surface area contributed by atoms with Crippen molar-refractivity contribution in [3.63, 3.8) is 0 Å². The van der Waals surface area contributed by atoms with E-state index in [1.165, 1.54) is 47.6 Å². The first-order valence-corrected chi connectivity index (χ1v) is 9.55. The number of benzene rings is 2. The van der Waals surface area contributed by atoms with Crippen LogP contribution in [0.1, 0.15) is 70.9 Å². The summed E-state index contributed by atoms with van der Waals surface area (Å²) >= 11 is 0. The molecule has 24 heavy (non-hydrogen) atoms. The first-order valence-electron chi connectivity index (χ1n) is 9.55. The maximum atomic E-state index is 2.32. The zero-order valence-corrected chi connectivity index (χ0v) is 16.2. The monoisotopic (exact) mass is 322 g/mol. The Bertz CT molecular complexity index is 632. The number of hydrogen-bond acceptors (Lipinski definition) is 0. The van der Waals surface area contributed by atoms with Crippen molar-refractivity contribution in [3.8, 4) is 0 Å². The van der Waals surface area contributed by atoms with Crippen molar-refractivity contribution in [2.45, 2.75) is 66.2 Å². The van der Waals surface area contributed by atoms with Crippen molar-refractivity contribution in [2.24, 2.45) is 0 Å². The van der Waals surface area contributed by atoms with E-state index in [4.69, 9.17) is 0 Å². The molecule has 0 bridgehead atoms. The largest absolute Gasteiger partial charge is 0.0842 e. The van der Waals surface area contributed by atoms with Crippen LogP contribution in [0.4, 0.5) is 0 Å². The lowest BCUT2D eigenvalue weighted by Gasteiger charge is -2.08. The fraction of sp³-hybridized carbons (Fsp3) is 0.417. The summed E-state index contributed by atoms with van der Waals surface area (Å²) in [5, 5.41) is 2.74. The molecular formula is C24H34. The van der Waals surface area contributed by atoms with Crippen LogP contribution in [0, 0.1) is 0 Å². The third kappa shape index (κ3) is 6.74. The van der Waals surface area contributed by atoms with Crippen LogP contribution < -0.4 is 0 Å². The molecule has 0 radical (unpaired) electrons. The van der Waals surface area contributed by atoms with Gasteiger partial charge in [0, 0.05) is 0 Å². The Morgan fingerprint density at radius 2 is 1.42 bits per heavy atom. The normalized spacial score (nSPS) is 12.4. The van der Waals surface area contributed by atoms with Gasteiger partial charge in [0.2, 0.25) is 0 Å². The smallest absolute Gasteiger partial charge is 0.0181 e. The molecule has 0 heteroatoms. The van der Waals surface area contributed by atoms with Gasteiger partial charge < -0.3 is 0 Å². The Hall–Kier alpha value is -1.82. The number of rotatable bonds is 3. The quantitative estimate of drug-likeness (QED) is 0.540. The van der Waals surface area contributed by atoms with Crippen LogP contribution in [0.3, 0.4) is 0 Å². The molecule has 0 nitrogen and oxygen atoms in total. The van der Waals surface area contributed by atoms with Gasteiger partial charge >= 0.3 is 0 Å². The van der Waals surface area contributed by atoms with Crippen LogP contribution in [-0.2, 0) is 6.42 Å². The Labute approximate surface area is 149 Å². The molecule has 0 aromatic heterocycles. The second kappa shape index (κ2) is 11.7. The van der Waals surface area contributed by atoms with Gasteiger partial charge in [0.15, 0.2) is 0 Å². The summed E-state index contributed by atoms with van der Waals surface area (Å²) < 4.78 is 0. The van der Waals surface area contributed by atoms with Crippen LogP contribution in [0.2, 0.25) is 0 Å². The van der Waals surface area contributed by atoms with E-state index in [-0.39, 0.29) is 0 Å². The SMILES string of the molecule is C1=CCCC=C1.CC.CCCc1ccc2cc(C(C)C)ccc2c1. The number of hydrogen-bond donors (Lipinski definition) is 0. The van der Waals surface area contributed by atoms with E-state index >= 15 is 0 Å². The number of aryl methyl sites for hydroxylation is 1. The average molecular weight is 323 g/mol. The molecule has 0 aliphatic heterocycles. The Kier molecular flexibility index (Phi) is 9.84. The first-order chi connectivity index (χ1) is 11.7. The van der Waals surface area contributed by atoms with E-state index in [2.05, 4.69) is 81.5 Å². The van der Waals surface area contributed by atoms with E-state index in [1.807, 2.05) is 13.8 Å². The summed E-state index contributed by atoms with van der Waals surface area (Å²) in [6.45, 7) is 10.7. The highest BCUT2D eigenvalue weighted by molar-refractivity contribution is 5.84. The van der Waals surface area contributed by atoms with Crippen LogP contribution >= 0.6 is 0 Å². The lowest BCUT2D eigenvalue weighted by atomic mass is 9.97. The molecule has 3 rings (SSSR count). The Morgan fingerprint density at radius 1 is 0.833 bits per heavy atom. The second-order valence-electron chi connectivity index (χ2n) is 6.28. The lowest BCUT2D eigenvalue weighted by molar-refractivity contribution is 0.868. The summed E-state index contributed by atoms with van der Waals surface area (Å²) in [6.07, 6.45) is 13.4. The van der Waals surface area contributed by atoms with Crippen molar-refractivity contribution >= 4 is 10.8 Å². The predicted octanol–water partition coefficient (Wildman–Crippen LogP) is 7.83. The standard InChI is InChI=1S/C16H20.C6H8.C2H6/c1-4-5-13-6-7-16-11-14(12(2)3)8-9-15(16)10-13;1-2-4-6-5-3-1;1-2/h6-12H,4-5H2,1-3H3;1-4H,5-6H2;1-2H3. The molecule has 0 atom stereocenters. The molecule has 0 unspecified atom stereocenters. The van der Waals surface area contributed by atoms with Gasteiger partial charge in [-0.15, -0.1) is 0 Å². The maximum Gasteiger partial charge on any atom is -0.0181 e. The fourth-order valence-corrected chi connectivity index (χ4v) is 2.66. The minimum absolute atomic E-state index is 0.611. The van der Waals surface area contributed by atoms with Gasteiger partial charge in [-0.05, 0) is 47.1 Å². The fourth-order valence-electron chi connectivity index (χ4n) is 2.66. The molecule has 2 aromatic carbocycles. The van der Waals surface area contributed by atoms with E-state index in [0.717, 1.165) is 0 Å². The van der Waals surface area contributed by atoms with Crippen molar-refractivity contribution in [1.29, 1.82) is 0 Å². The highest BCUT2D eigenvalue weighted by Crippen LogP contribution is 2.22. The molecule has 130 valence electrons. The Morgan fingerprint density at radius 3 is 1.92 bits per heavy atom. The molecule has 1 aliphatic rings. The second-order valence-corrected chi connectivity index (χ2v) is 6.28. The third-order valence-electron chi connectivity index (χ3n) is 4.02. The minimum atomic E-state index is 0.611. The third-order valence-corrected chi connectivity index (χ3v) is 4.02. The van der Waals surface area contributed by atoms with Crippen molar-refractivity contribution in [3.05, 3.63) is 71.8 Å². The summed E-state index contributed by atoms with van der Waals surface area (Å²) in [6, 6.07) is 13.7. The van der Waals surface area contributed by atoms with Crippen LogP contribution in [0.25, 0.3) is 10.8 Å². The summed E-state index contributed by atoms with van der Waals surface area (Å²) in [5.74, 6) is 0.611. The minimum Gasteiger partial charge on any atom is -0.0842 e. The van der Waals surface area contributed by atoms with Gasteiger partial charge in [-0.2, -0.15) is 0 Å². The van der Waals surface area contributed by atoms with E-state index in [1.54, 1.807) is 0 Å². The molecule has 1 aliphatic carbocycles. The topological polar surface area (TPSA) is 0 Å². The van der Waals surface area contributed by atoms with Crippen LogP contribution in [-0.4, -0.2) is 0 Å². The maximum absolute atomic E-state index is 2.32. The highest BCUT2D eigenvalue weighted by Gasteiger charge is 2.01. The van der Waals surface area contributed by atoms with E-state index in [0.29, 0.717) is 5.92 Å².